The van der Waals surface area contributed by atoms with Crippen molar-refractivity contribution in [1.82, 2.24) is 9.80 Å². The molecule has 2 unspecified atom stereocenters. The third-order valence-electron chi connectivity index (χ3n) is 4.01. The van der Waals surface area contributed by atoms with E-state index in [9.17, 15) is 4.79 Å². The maximum atomic E-state index is 12.4. The monoisotopic (exact) mass is 310 g/mol. The molecule has 1 amide bonds. The molecule has 1 aliphatic heterocycles. The average molecular weight is 311 g/mol. The fourth-order valence-electron chi connectivity index (χ4n) is 2.75. The molecule has 1 aliphatic rings. The molecule has 0 aliphatic carbocycles. The summed E-state index contributed by atoms with van der Waals surface area (Å²) in [6, 6.07) is 5.26. The number of carbonyl (C=O) groups excluding carboxylic acids is 1. The number of hydrogen-bond acceptors (Lipinski definition) is 4. The molecule has 116 valence electrons. The molecular weight excluding hydrogens is 288 g/mol. The van der Waals surface area contributed by atoms with E-state index < -0.39 is 0 Å². The summed E-state index contributed by atoms with van der Waals surface area (Å²) in [5.41, 5.74) is 6.84. The molecule has 0 saturated carbocycles. The van der Waals surface area contributed by atoms with Gasteiger partial charge < -0.3 is 16.0 Å². The molecule has 2 rings (SSSR count). The Bertz CT molecular complexity index is 522. The van der Waals surface area contributed by atoms with Crippen LogP contribution in [-0.4, -0.2) is 54.5 Å². The van der Waals surface area contributed by atoms with Gasteiger partial charge >= 0.3 is 0 Å². The van der Waals surface area contributed by atoms with E-state index in [4.69, 9.17) is 17.3 Å². The Morgan fingerprint density at radius 3 is 2.81 bits per heavy atom. The molecule has 1 fully saturated rings. The lowest BCUT2D eigenvalue weighted by Gasteiger charge is -2.41. The van der Waals surface area contributed by atoms with Crippen molar-refractivity contribution in [3.8, 4) is 0 Å². The van der Waals surface area contributed by atoms with Gasteiger partial charge in [-0.1, -0.05) is 11.6 Å². The van der Waals surface area contributed by atoms with Crippen LogP contribution >= 0.6 is 11.6 Å². The number of amides is 1. The first-order chi connectivity index (χ1) is 9.88. The van der Waals surface area contributed by atoms with Crippen molar-refractivity contribution >= 4 is 28.9 Å². The van der Waals surface area contributed by atoms with Gasteiger partial charge in [-0.05, 0) is 39.1 Å². The summed E-state index contributed by atoms with van der Waals surface area (Å²) in [6.07, 6.45) is 0. The minimum absolute atomic E-state index is 0.0434. The Morgan fingerprint density at radius 2 is 2.19 bits per heavy atom. The molecule has 0 spiro atoms. The topological polar surface area (TPSA) is 61.6 Å². The van der Waals surface area contributed by atoms with E-state index in [0.717, 1.165) is 19.6 Å². The second-order valence-electron chi connectivity index (χ2n) is 5.75. The van der Waals surface area contributed by atoms with Crippen molar-refractivity contribution < 1.29 is 4.79 Å². The highest BCUT2D eigenvalue weighted by Crippen LogP contribution is 2.24. The lowest BCUT2D eigenvalue weighted by atomic mass is 10.1. The lowest BCUT2D eigenvalue weighted by Crippen LogP contribution is -2.56. The number of piperazine rings is 1. The van der Waals surface area contributed by atoms with Crippen LogP contribution in [-0.2, 0) is 4.79 Å². The Kier molecular flexibility index (Phi) is 5.08. The molecular formula is C15H23ClN4O. The standard InChI is InChI=1S/C15H23ClN4O/c1-10-9-19(3)6-7-20(10)11(2)15(21)18-14-5-4-12(17)8-13(14)16/h4-5,8,10-11H,6-7,9,17H2,1-3H3,(H,18,21). The van der Waals surface area contributed by atoms with Crippen LogP contribution in [0.3, 0.4) is 0 Å². The zero-order chi connectivity index (χ0) is 15.6. The predicted molar refractivity (Wildman–Crippen MR) is 87.6 cm³/mol. The van der Waals surface area contributed by atoms with Crippen LogP contribution in [0.15, 0.2) is 18.2 Å². The van der Waals surface area contributed by atoms with Gasteiger partial charge in [0.2, 0.25) is 5.91 Å². The number of carbonyl (C=O) groups is 1. The number of hydrogen-bond donors (Lipinski definition) is 2. The summed E-state index contributed by atoms with van der Waals surface area (Å²) in [7, 11) is 2.10. The van der Waals surface area contributed by atoms with Crippen molar-refractivity contribution in [3.63, 3.8) is 0 Å². The number of nitrogens with zero attached hydrogens (tertiary/aromatic N) is 2. The molecule has 0 aromatic heterocycles. The minimum Gasteiger partial charge on any atom is -0.399 e. The number of anilines is 2. The number of benzene rings is 1. The van der Waals surface area contributed by atoms with Crippen molar-refractivity contribution in [2.45, 2.75) is 25.9 Å². The molecule has 1 heterocycles. The molecule has 1 aromatic rings. The van der Waals surface area contributed by atoms with E-state index in [2.05, 4.69) is 29.1 Å². The first-order valence-electron chi connectivity index (χ1n) is 7.18. The van der Waals surface area contributed by atoms with Crippen LogP contribution in [0.25, 0.3) is 0 Å². The molecule has 0 radical (unpaired) electrons. The highest BCUT2D eigenvalue weighted by Gasteiger charge is 2.29. The fourth-order valence-corrected chi connectivity index (χ4v) is 2.99. The van der Waals surface area contributed by atoms with Crippen LogP contribution in [0, 0.1) is 0 Å². The molecule has 3 N–H and O–H groups in total. The summed E-state index contributed by atoms with van der Waals surface area (Å²) >= 11 is 6.10. The first-order valence-corrected chi connectivity index (χ1v) is 7.56. The summed E-state index contributed by atoms with van der Waals surface area (Å²) in [6.45, 7) is 6.92. The van der Waals surface area contributed by atoms with Gasteiger partial charge in [-0.2, -0.15) is 0 Å². The molecule has 5 nitrogen and oxygen atoms in total. The molecule has 1 aromatic carbocycles. The predicted octanol–water partition coefficient (Wildman–Crippen LogP) is 1.89. The smallest absolute Gasteiger partial charge is 0.241 e. The Balaban J connectivity index is 2.02. The maximum absolute atomic E-state index is 12.4. The van der Waals surface area contributed by atoms with Gasteiger partial charge in [0, 0.05) is 31.4 Å². The van der Waals surface area contributed by atoms with Gasteiger partial charge in [0.25, 0.3) is 0 Å². The zero-order valence-corrected chi connectivity index (χ0v) is 13.5. The van der Waals surface area contributed by atoms with Gasteiger partial charge in [0.1, 0.15) is 0 Å². The van der Waals surface area contributed by atoms with E-state index in [0.29, 0.717) is 22.4 Å². The summed E-state index contributed by atoms with van der Waals surface area (Å²) in [5, 5.41) is 3.34. The number of nitrogens with two attached hydrogens (primary N) is 1. The van der Waals surface area contributed by atoms with E-state index in [1.165, 1.54) is 0 Å². The fraction of sp³-hybridized carbons (Fsp3) is 0.533. The van der Waals surface area contributed by atoms with E-state index in [1.807, 2.05) is 6.92 Å². The summed E-state index contributed by atoms with van der Waals surface area (Å²) in [4.78, 5) is 16.9. The Hall–Kier alpha value is -1.30. The van der Waals surface area contributed by atoms with E-state index in [1.54, 1.807) is 18.2 Å². The number of rotatable bonds is 3. The molecule has 6 heteroatoms. The van der Waals surface area contributed by atoms with Gasteiger partial charge in [0.05, 0.1) is 16.8 Å². The quantitative estimate of drug-likeness (QED) is 0.837. The third-order valence-corrected chi connectivity index (χ3v) is 4.32. The zero-order valence-electron chi connectivity index (χ0n) is 12.8. The van der Waals surface area contributed by atoms with Crippen LogP contribution < -0.4 is 11.1 Å². The van der Waals surface area contributed by atoms with E-state index >= 15 is 0 Å². The van der Waals surface area contributed by atoms with Crippen molar-refractivity contribution in [3.05, 3.63) is 23.2 Å². The number of nitrogen functional groups attached to an aromatic ring is 1. The van der Waals surface area contributed by atoms with Crippen molar-refractivity contribution in [2.24, 2.45) is 0 Å². The maximum Gasteiger partial charge on any atom is 0.241 e. The van der Waals surface area contributed by atoms with E-state index in [-0.39, 0.29) is 11.9 Å². The Morgan fingerprint density at radius 1 is 1.48 bits per heavy atom. The highest BCUT2D eigenvalue weighted by atomic mass is 35.5. The van der Waals surface area contributed by atoms with Crippen LogP contribution in [0.5, 0.6) is 0 Å². The molecule has 0 bridgehead atoms. The number of nitrogens with one attached hydrogen (secondary N) is 1. The largest absolute Gasteiger partial charge is 0.399 e. The van der Waals surface area contributed by atoms with Gasteiger partial charge in [0.15, 0.2) is 0 Å². The Labute approximate surface area is 131 Å². The highest BCUT2D eigenvalue weighted by molar-refractivity contribution is 6.34. The van der Waals surface area contributed by atoms with Crippen LogP contribution in [0.1, 0.15) is 13.8 Å². The second-order valence-corrected chi connectivity index (χ2v) is 6.16. The summed E-state index contributed by atoms with van der Waals surface area (Å²) < 4.78 is 0. The average Bonchev–Trinajstić information content (AvgIpc) is 2.41. The SMILES string of the molecule is CC1CN(C)CCN1C(C)C(=O)Nc1ccc(N)cc1Cl. The summed E-state index contributed by atoms with van der Waals surface area (Å²) in [5.74, 6) is -0.0434. The number of halogens is 1. The van der Waals surface area contributed by atoms with Gasteiger partial charge in [-0.15, -0.1) is 0 Å². The number of likely N-dealkylation sites (N-methyl/N-ethyl adjacent to an activating group) is 1. The third kappa shape index (κ3) is 3.87. The second kappa shape index (κ2) is 6.64. The van der Waals surface area contributed by atoms with Crippen LogP contribution in [0.4, 0.5) is 11.4 Å². The van der Waals surface area contributed by atoms with Crippen molar-refractivity contribution in [2.75, 3.05) is 37.7 Å². The van der Waals surface area contributed by atoms with Gasteiger partial charge in [-0.25, -0.2) is 0 Å². The van der Waals surface area contributed by atoms with Crippen LogP contribution in [0.2, 0.25) is 5.02 Å². The van der Waals surface area contributed by atoms with Gasteiger partial charge in [-0.3, -0.25) is 9.69 Å². The lowest BCUT2D eigenvalue weighted by molar-refractivity contribution is -0.122. The molecule has 21 heavy (non-hydrogen) atoms. The first kappa shape index (κ1) is 16.1. The molecule has 1 saturated heterocycles. The minimum atomic E-state index is -0.192. The normalized spacial score (nSPS) is 22.0. The molecule has 2 atom stereocenters. The van der Waals surface area contributed by atoms with Crippen molar-refractivity contribution in [1.29, 1.82) is 0 Å².